The average Bonchev–Trinajstić information content (AvgIpc) is 3.18. The van der Waals surface area contributed by atoms with Gasteiger partial charge in [0.1, 0.15) is 13.1 Å². The van der Waals surface area contributed by atoms with Crippen LogP contribution in [0.15, 0.2) is 0 Å². The highest BCUT2D eigenvalue weighted by atomic mass is 15.4. The van der Waals surface area contributed by atoms with Gasteiger partial charge in [0, 0.05) is 6.42 Å². The first kappa shape index (κ1) is 42.9. The quantitative estimate of drug-likeness (QED) is 0.0488. The van der Waals surface area contributed by atoms with Gasteiger partial charge in [-0.2, -0.15) is 0 Å². The van der Waals surface area contributed by atoms with E-state index in [1.807, 2.05) is 0 Å². The van der Waals surface area contributed by atoms with Crippen LogP contribution in [0.5, 0.6) is 0 Å². The molecule has 45 heavy (non-hydrogen) atoms. The van der Waals surface area contributed by atoms with Gasteiger partial charge in [-0.1, -0.05) is 194 Å². The number of hydrogen-bond acceptors (Lipinski definition) is 0. The highest BCUT2D eigenvalue weighted by molar-refractivity contribution is 4.55. The van der Waals surface area contributed by atoms with Gasteiger partial charge in [-0.25, -0.2) is 0 Å². The molecule has 0 saturated carbocycles. The van der Waals surface area contributed by atoms with Crippen LogP contribution in [0.4, 0.5) is 0 Å². The second kappa shape index (κ2) is 31.2. The molecule has 1 heterocycles. The van der Waals surface area contributed by atoms with Gasteiger partial charge in [0.05, 0.1) is 40.3 Å². The van der Waals surface area contributed by atoms with Gasteiger partial charge in [0.25, 0.3) is 0 Å². The maximum Gasteiger partial charge on any atom is 0.128 e. The smallest absolute Gasteiger partial charge is 0.128 e. The summed E-state index contributed by atoms with van der Waals surface area (Å²) >= 11 is 0. The van der Waals surface area contributed by atoms with Gasteiger partial charge >= 0.3 is 0 Å². The van der Waals surface area contributed by atoms with E-state index in [1.165, 1.54) is 260 Å². The predicted octanol–water partition coefficient (Wildman–Crippen LogP) is 13.8. The minimum Gasteiger partial charge on any atom is -0.321 e. The van der Waals surface area contributed by atoms with Crippen LogP contribution >= 0.6 is 0 Å². The maximum absolute atomic E-state index is 2.58. The molecule has 0 spiro atoms. The maximum atomic E-state index is 2.58. The third-order valence-electron chi connectivity index (χ3n) is 11.7. The minimum absolute atomic E-state index is 1.35. The Morgan fingerprint density at radius 1 is 0.267 bits per heavy atom. The summed E-state index contributed by atoms with van der Waals surface area (Å²) in [6.07, 6.45) is 48.5. The summed E-state index contributed by atoms with van der Waals surface area (Å²) in [5.41, 5.74) is 0. The molecular weight excluding hydrogens is 544 g/mol. The number of unbranched alkanes of at least 4 members (excludes halogenated alkanes) is 30. The Balaban J connectivity index is 1.92. The van der Waals surface area contributed by atoms with Crippen molar-refractivity contribution >= 4 is 0 Å². The molecule has 1 fully saturated rings. The summed E-state index contributed by atoms with van der Waals surface area (Å²) < 4.78 is 2.71. The lowest BCUT2D eigenvalue weighted by molar-refractivity contribution is -0.946. The summed E-state index contributed by atoms with van der Waals surface area (Å²) in [4.78, 5) is 0. The van der Waals surface area contributed by atoms with Crippen LogP contribution in [0.3, 0.4) is 0 Å². The van der Waals surface area contributed by atoms with E-state index < -0.39 is 0 Å². The molecule has 0 aromatic carbocycles. The van der Waals surface area contributed by atoms with Gasteiger partial charge in [0.2, 0.25) is 0 Å². The molecule has 2 nitrogen and oxygen atoms in total. The summed E-state index contributed by atoms with van der Waals surface area (Å²) in [6, 6.07) is 0. The van der Waals surface area contributed by atoms with E-state index in [0.717, 1.165) is 0 Å². The molecule has 2 atom stereocenters. The Bertz CT molecular complexity index is 540. The summed E-state index contributed by atoms with van der Waals surface area (Å²) in [6.45, 7) is 13.1. The summed E-state index contributed by atoms with van der Waals surface area (Å²) in [5.74, 6) is 0. The van der Waals surface area contributed by atoms with Crippen LogP contribution in [0.2, 0.25) is 0 Å². The fraction of sp³-hybridized carbons (Fsp3) is 1.00. The molecule has 0 radical (unpaired) electrons. The minimum atomic E-state index is 1.35. The summed E-state index contributed by atoms with van der Waals surface area (Å²) in [5, 5.41) is 0. The van der Waals surface area contributed by atoms with Crippen LogP contribution in [0.25, 0.3) is 0 Å². The Labute approximate surface area is 287 Å². The molecule has 0 amide bonds. The van der Waals surface area contributed by atoms with E-state index in [1.54, 1.807) is 0 Å². The zero-order valence-corrected chi connectivity index (χ0v) is 32.5. The van der Waals surface area contributed by atoms with E-state index in [0.29, 0.717) is 0 Å². The lowest BCUT2D eigenvalue weighted by Gasteiger charge is -2.35. The molecular formula is C43H90N2+2. The highest BCUT2D eigenvalue weighted by Gasteiger charge is 2.32. The van der Waals surface area contributed by atoms with Gasteiger partial charge in [0.15, 0.2) is 0 Å². The van der Waals surface area contributed by atoms with Crippen LogP contribution in [-0.2, 0) is 0 Å². The van der Waals surface area contributed by atoms with E-state index in [9.17, 15) is 0 Å². The van der Waals surface area contributed by atoms with Gasteiger partial charge in [-0.15, -0.1) is 0 Å². The third-order valence-corrected chi connectivity index (χ3v) is 11.7. The Morgan fingerprint density at radius 2 is 0.467 bits per heavy atom. The van der Waals surface area contributed by atoms with E-state index in [-0.39, 0.29) is 0 Å². The van der Waals surface area contributed by atoms with Gasteiger partial charge < -0.3 is 8.97 Å². The molecule has 0 aliphatic carbocycles. The number of nitrogens with zero attached hydrogens (tertiary/aromatic N) is 2. The standard InChI is InChI=1S/C43H90N2/c1-5-7-9-11-13-15-17-19-21-23-25-27-29-31-33-35-38-44(3)40-37-41-45(4,43-42-44)39-36-34-32-30-28-26-24-22-20-18-16-14-12-10-8-6-2/h5-43H2,1-4H3/q+2. The average molecular weight is 635 g/mol. The summed E-state index contributed by atoms with van der Waals surface area (Å²) in [7, 11) is 5.16. The SMILES string of the molecule is CCCCCCCCCCCCCCCCCC[N+]1(C)CCC[N+](C)(CCCCCCCCCCCCCCCCCC)CC1. The lowest BCUT2D eigenvalue weighted by Crippen LogP contribution is -2.51. The Morgan fingerprint density at radius 3 is 0.689 bits per heavy atom. The van der Waals surface area contributed by atoms with Crippen molar-refractivity contribution in [1.29, 1.82) is 0 Å². The number of rotatable bonds is 34. The predicted molar refractivity (Wildman–Crippen MR) is 205 cm³/mol. The van der Waals surface area contributed by atoms with Crippen LogP contribution in [0.1, 0.15) is 226 Å². The Hall–Kier alpha value is -0.0800. The van der Waals surface area contributed by atoms with Gasteiger partial charge in [-0.3, -0.25) is 0 Å². The first-order valence-corrected chi connectivity index (χ1v) is 21.7. The third kappa shape index (κ3) is 27.6. The first-order chi connectivity index (χ1) is 22.0. The first-order valence-electron chi connectivity index (χ1n) is 21.7. The molecule has 1 aliphatic heterocycles. The monoisotopic (exact) mass is 635 g/mol. The van der Waals surface area contributed by atoms with Crippen molar-refractivity contribution in [3.8, 4) is 0 Å². The zero-order valence-electron chi connectivity index (χ0n) is 32.5. The van der Waals surface area contributed by atoms with Crippen LogP contribution < -0.4 is 0 Å². The fourth-order valence-corrected chi connectivity index (χ4v) is 8.07. The molecule has 0 bridgehead atoms. The van der Waals surface area contributed by atoms with Crippen LogP contribution in [0, 0.1) is 0 Å². The fourth-order valence-electron chi connectivity index (χ4n) is 8.07. The molecule has 0 aromatic rings. The second-order valence-electron chi connectivity index (χ2n) is 16.5. The molecule has 0 aromatic heterocycles. The normalized spacial score (nSPS) is 20.5. The van der Waals surface area contributed by atoms with Crippen molar-refractivity contribution in [2.24, 2.45) is 0 Å². The Kier molecular flexibility index (Phi) is 29.8. The molecule has 1 saturated heterocycles. The van der Waals surface area contributed by atoms with Crippen molar-refractivity contribution in [2.75, 3.05) is 53.4 Å². The molecule has 2 unspecified atom stereocenters. The van der Waals surface area contributed by atoms with Crippen molar-refractivity contribution in [3.63, 3.8) is 0 Å². The topological polar surface area (TPSA) is 0 Å². The van der Waals surface area contributed by atoms with E-state index >= 15 is 0 Å². The molecule has 0 N–H and O–H groups in total. The van der Waals surface area contributed by atoms with E-state index in [4.69, 9.17) is 0 Å². The number of quaternary nitrogens is 2. The largest absolute Gasteiger partial charge is 0.321 e. The molecule has 1 rings (SSSR count). The second-order valence-corrected chi connectivity index (χ2v) is 16.5. The van der Waals surface area contributed by atoms with Gasteiger partial charge in [-0.05, 0) is 25.7 Å². The highest BCUT2D eigenvalue weighted by Crippen LogP contribution is 2.20. The van der Waals surface area contributed by atoms with E-state index in [2.05, 4.69) is 27.9 Å². The van der Waals surface area contributed by atoms with Crippen molar-refractivity contribution in [3.05, 3.63) is 0 Å². The van der Waals surface area contributed by atoms with Crippen molar-refractivity contribution in [2.45, 2.75) is 226 Å². The van der Waals surface area contributed by atoms with Crippen molar-refractivity contribution in [1.82, 2.24) is 0 Å². The zero-order chi connectivity index (χ0) is 32.6. The molecule has 270 valence electrons. The number of hydrogen-bond donors (Lipinski definition) is 0. The van der Waals surface area contributed by atoms with Crippen molar-refractivity contribution < 1.29 is 8.97 Å². The lowest BCUT2D eigenvalue weighted by atomic mass is 10.0. The molecule has 1 aliphatic rings. The molecule has 2 heteroatoms. The van der Waals surface area contributed by atoms with Crippen LogP contribution in [-0.4, -0.2) is 62.3 Å². The number of likely N-dealkylation sites (N-methyl/N-ethyl adjacent to an activating group) is 2.